The molecule has 1 aliphatic rings. The quantitative estimate of drug-likeness (QED) is 0.297. The molecule has 0 aliphatic heterocycles. The summed E-state index contributed by atoms with van der Waals surface area (Å²) in [7, 11) is 0. The molecule has 0 spiro atoms. The van der Waals surface area contributed by atoms with Gasteiger partial charge in [-0.15, -0.1) is 0 Å². The highest BCUT2D eigenvalue weighted by Gasteiger charge is 2.32. The number of ether oxygens (including phenoxy) is 1. The number of Topliss-reactive ketones (excluding diaryl/α,β-unsaturated/α-hetero) is 2. The molecule has 0 amide bonds. The van der Waals surface area contributed by atoms with Crippen molar-refractivity contribution in [1.29, 1.82) is 0 Å². The number of halogens is 1. The summed E-state index contributed by atoms with van der Waals surface area (Å²) in [6.07, 6.45) is 1.65. The van der Waals surface area contributed by atoms with Crippen molar-refractivity contribution in [1.82, 2.24) is 0 Å². The van der Waals surface area contributed by atoms with Crippen molar-refractivity contribution in [3.63, 3.8) is 0 Å². The molecule has 3 aromatic carbocycles. The second-order valence-electron chi connectivity index (χ2n) is 6.25. The molecule has 0 N–H and O–H groups in total. The van der Waals surface area contributed by atoms with E-state index in [9.17, 15) is 9.59 Å². The fourth-order valence-corrected chi connectivity index (χ4v) is 3.34. The average molecular weight is 466 g/mol. The minimum atomic E-state index is -0.213. The standard InChI is InChI=1S/C23H15IO3/c24-17-9-5-16(6-10-17)14-27-18-11-7-15(8-12-18)13-21-22(25)19-3-1-2-4-20(19)23(21)26/h1-13H,14H2. The van der Waals surface area contributed by atoms with E-state index >= 15 is 0 Å². The van der Waals surface area contributed by atoms with Crippen molar-refractivity contribution in [2.24, 2.45) is 0 Å². The van der Waals surface area contributed by atoms with Crippen LogP contribution in [-0.4, -0.2) is 11.6 Å². The number of fused-ring (bicyclic) bond motifs is 1. The van der Waals surface area contributed by atoms with E-state index in [-0.39, 0.29) is 17.1 Å². The first-order valence-electron chi connectivity index (χ1n) is 8.49. The van der Waals surface area contributed by atoms with Gasteiger partial charge in [-0.25, -0.2) is 0 Å². The number of rotatable bonds is 4. The molecule has 0 aromatic heterocycles. The van der Waals surface area contributed by atoms with Crippen LogP contribution in [0.5, 0.6) is 5.75 Å². The van der Waals surface area contributed by atoms with Crippen molar-refractivity contribution >= 4 is 40.2 Å². The second-order valence-corrected chi connectivity index (χ2v) is 7.49. The predicted molar refractivity (Wildman–Crippen MR) is 113 cm³/mol. The zero-order chi connectivity index (χ0) is 18.8. The molecule has 132 valence electrons. The van der Waals surface area contributed by atoms with E-state index in [1.807, 2.05) is 48.5 Å². The van der Waals surface area contributed by atoms with Crippen LogP contribution in [0, 0.1) is 3.57 Å². The third-order valence-electron chi connectivity index (χ3n) is 4.42. The summed E-state index contributed by atoms with van der Waals surface area (Å²) >= 11 is 2.27. The highest BCUT2D eigenvalue weighted by molar-refractivity contribution is 14.1. The maximum atomic E-state index is 12.4. The highest BCUT2D eigenvalue weighted by atomic mass is 127. The van der Waals surface area contributed by atoms with Crippen LogP contribution in [0.4, 0.5) is 0 Å². The van der Waals surface area contributed by atoms with E-state index in [1.165, 1.54) is 3.57 Å². The molecule has 3 aromatic rings. The largest absolute Gasteiger partial charge is 0.489 e. The van der Waals surface area contributed by atoms with Crippen LogP contribution in [0.15, 0.2) is 78.4 Å². The molecule has 1 aliphatic carbocycles. The van der Waals surface area contributed by atoms with Gasteiger partial charge in [-0.2, -0.15) is 0 Å². The van der Waals surface area contributed by atoms with E-state index in [0.717, 1.165) is 16.9 Å². The third kappa shape index (κ3) is 3.71. The molecule has 4 heteroatoms. The minimum Gasteiger partial charge on any atom is -0.489 e. The van der Waals surface area contributed by atoms with Gasteiger partial charge in [0.25, 0.3) is 0 Å². The topological polar surface area (TPSA) is 43.4 Å². The molecule has 0 atom stereocenters. The summed E-state index contributed by atoms with van der Waals surface area (Å²) in [6.45, 7) is 0.490. The summed E-state index contributed by atoms with van der Waals surface area (Å²) in [4.78, 5) is 24.9. The first-order valence-corrected chi connectivity index (χ1v) is 9.57. The number of allylic oxidation sites excluding steroid dienone is 1. The van der Waals surface area contributed by atoms with Gasteiger partial charge in [0, 0.05) is 14.7 Å². The first kappa shape index (κ1) is 17.7. The number of ketones is 2. The van der Waals surface area contributed by atoms with Gasteiger partial charge < -0.3 is 4.74 Å². The number of carbonyl (C=O) groups excluding carboxylic acids is 2. The van der Waals surface area contributed by atoms with E-state index in [2.05, 4.69) is 22.6 Å². The molecule has 0 saturated heterocycles. The second kappa shape index (κ2) is 7.48. The molecule has 0 heterocycles. The lowest BCUT2D eigenvalue weighted by atomic mass is 10.1. The predicted octanol–water partition coefficient (Wildman–Crippen LogP) is 5.33. The number of hydrogen-bond donors (Lipinski definition) is 0. The molecule has 0 radical (unpaired) electrons. The van der Waals surface area contributed by atoms with Gasteiger partial charge in [-0.1, -0.05) is 48.5 Å². The summed E-state index contributed by atoms with van der Waals surface area (Å²) in [5.74, 6) is 0.312. The number of benzene rings is 3. The first-order chi connectivity index (χ1) is 13.1. The van der Waals surface area contributed by atoms with E-state index in [1.54, 1.807) is 30.3 Å². The maximum Gasteiger partial charge on any atom is 0.197 e. The Morgan fingerprint density at radius 3 is 1.96 bits per heavy atom. The van der Waals surface area contributed by atoms with Crippen molar-refractivity contribution in [3.05, 3.63) is 104 Å². The Labute approximate surface area is 170 Å². The van der Waals surface area contributed by atoms with Gasteiger partial charge in [0.05, 0.1) is 5.57 Å². The van der Waals surface area contributed by atoms with Crippen LogP contribution >= 0.6 is 22.6 Å². The molecule has 0 bridgehead atoms. The lowest BCUT2D eigenvalue weighted by molar-refractivity contribution is 0.0990. The Bertz CT molecular complexity index is 1010. The van der Waals surface area contributed by atoms with E-state index < -0.39 is 0 Å². The lowest BCUT2D eigenvalue weighted by Crippen LogP contribution is -2.00. The normalized spacial score (nSPS) is 12.9. The number of hydrogen-bond acceptors (Lipinski definition) is 3. The average Bonchev–Trinajstić information content (AvgIpc) is 2.94. The Hall–Kier alpha value is -2.73. The Morgan fingerprint density at radius 2 is 1.37 bits per heavy atom. The molecule has 4 rings (SSSR count). The maximum absolute atomic E-state index is 12.4. The SMILES string of the molecule is O=C1C(=Cc2ccc(OCc3ccc(I)cc3)cc2)C(=O)c2ccccc21. The van der Waals surface area contributed by atoms with Gasteiger partial charge in [0.1, 0.15) is 12.4 Å². The monoisotopic (exact) mass is 466 g/mol. The van der Waals surface area contributed by atoms with Crippen molar-refractivity contribution < 1.29 is 14.3 Å². The van der Waals surface area contributed by atoms with Crippen molar-refractivity contribution in [3.8, 4) is 5.75 Å². The zero-order valence-electron chi connectivity index (χ0n) is 14.3. The number of carbonyl (C=O) groups is 2. The van der Waals surface area contributed by atoms with Crippen LogP contribution in [0.25, 0.3) is 6.08 Å². The Morgan fingerprint density at radius 1 is 0.778 bits per heavy atom. The fraction of sp³-hybridized carbons (Fsp3) is 0.0435. The fourth-order valence-electron chi connectivity index (χ4n) is 2.98. The molecule has 0 fully saturated rings. The minimum absolute atomic E-state index is 0.212. The summed E-state index contributed by atoms with van der Waals surface area (Å²) < 4.78 is 6.98. The molecular formula is C23H15IO3. The van der Waals surface area contributed by atoms with Crippen LogP contribution in [-0.2, 0) is 6.61 Å². The molecular weight excluding hydrogens is 451 g/mol. The van der Waals surface area contributed by atoms with Gasteiger partial charge >= 0.3 is 0 Å². The molecule has 27 heavy (non-hydrogen) atoms. The van der Waals surface area contributed by atoms with Crippen molar-refractivity contribution in [2.45, 2.75) is 6.61 Å². The summed E-state index contributed by atoms with van der Waals surface area (Å²) in [5.41, 5.74) is 3.06. The third-order valence-corrected chi connectivity index (χ3v) is 5.13. The summed E-state index contributed by atoms with van der Waals surface area (Å²) in [6, 6.07) is 22.5. The van der Waals surface area contributed by atoms with Crippen LogP contribution in [0.3, 0.4) is 0 Å². The summed E-state index contributed by atoms with van der Waals surface area (Å²) in [5, 5.41) is 0. The lowest BCUT2D eigenvalue weighted by Gasteiger charge is -2.07. The Kier molecular flexibility index (Phi) is 4.90. The van der Waals surface area contributed by atoms with Gasteiger partial charge in [-0.3, -0.25) is 9.59 Å². The molecule has 3 nitrogen and oxygen atoms in total. The zero-order valence-corrected chi connectivity index (χ0v) is 16.5. The van der Waals surface area contributed by atoms with Gasteiger partial charge in [0.15, 0.2) is 11.6 Å². The smallest absolute Gasteiger partial charge is 0.197 e. The molecule has 0 saturated carbocycles. The molecule has 0 unspecified atom stereocenters. The van der Waals surface area contributed by atoms with Crippen LogP contribution in [0.1, 0.15) is 31.8 Å². The van der Waals surface area contributed by atoms with Gasteiger partial charge in [0.2, 0.25) is 0 Å². The van der Waals surface area contributed by atoms with Crippen LogP contribution in [0.2, 0.25) is 0 Å². The Balaban J connectivity index is 1.48. The van der Waals surface area contributed by atoms with E-state index in [4.69, 9.17) is 4.74 Å². The highest BCUT2D eigenvalue weighted by Crippen LogP contribution is 2.28. The van der Waals surface area contributed by atoms with Crippen LogP contribution < -0.4 is 4.74 Å². The van der Waals surface area contributed by atoms with Gasteiger partial charge in [-0.05, 0) is 64.1 Å². The van der Waals surface area contributed by atoms with E-state index in [0.29, 0.717) is 17.7 Å². The van der Waals surface area contributed by atoms with Crippen molar-refractivity contribution in [2.75, 3.05) is 0 Å².